The molecule has 2 rings (SSSR count). The van der Waals surface area contributed by atoms with Gasteiger partial charge in [-0.05, 0) is 36.5 Å². The number of halogens is 1. The number of anilines is 1. The topological polar surface area (TPSA) is 50.4 Å². The van der Waals surface area contributed by atoms with E-state index < -0.39 is 0 Å². The van der Waals surface area contributed by atoms with Gasteiger partial charge in [-0.1, -0.05) is 18.5 Å². The van der Waals surface area contributed by atoms with Gasteiger partial charge in [-0.3, -0.25) is 4.79 Å². The van der Waals surface area contributed by atoms with E-state index in [-0.39, 0.29) is 11.3 Å². The summed E-state index contributed by atoms with van der Waals surface area (Å²) in [6, 6.07) is 5.27. The third kappa shape index (κ3) is 3.64. The highest BCUT2D eigenvalue weighted by atomic mass is 35.5. The summed E-state index contributed by atoms with van der Waals surface area (Å²) in [5.74, 6) is -0.0930. The van der Waals surface area contributed by atoms with Crippen molar-refractivity contribution >= 4 is 23.2 Å². The van der Waals surface area contributed by atoms with Crippen LogP contribution < -0.4 is 10.6 Å². The number of amides is 1. The van der Waals surface area contributed by atoms with Crippen molar-refractivity contribution in [1.82, 2.24) is 5.32 Å². The van der Waals surface area contributed by atoms with E-state index in [4.69, 9.17) is 16.3 Å². The molecule has 1 amide bonds. The van der Waals surface area contributed by atoms with Crippen LogP contribution in [0.1, 0.15) is 30.1 Å². The minimum absolute atomic E-state index is 0.0930. The van der Waals surface area contributed by atoms with Gasteiger partial charge in [0.05, 0.1) is 5.56 Å². The number of rotatable bonds is 4. The number of hydrogen-bond acceptors (Lipinski definition) is 3. The summed E-state index contributed by atoms with van der Waals surface area (Å²) in [6.07, 6.45) is 1.95. The molecule has 1 aliphatic heterocycles. The molecule has 1 aromatic rings. The predicted molar refractivity (Wildman–Crippen MR) is 81.5 cm³/mol. The Bertz CT molecular complexity index is 485. The molecule has 5 heteroatoms. The van der Waals surface area contributed by atoms with E-state index in [9.17, 15) is 4.79 Å². The first-order chi connectivity index (χ1) is 9.54. The average molecular weight is 297 g/mol. The van der Waals surface area contributed by atoms with E-state index in [0.717, 1.165) is 31.7 Å². The van der Waals surface area contributed by atoms with E-state index in [1.165, 1.54) is 0 Å². The highest BCUT2D eigenvalue weighted by Crippen LogP contribution is 2.29. The van der Waals surface area contributed by atoms with Gasteiger partial charge in [-0.25, -0.2) is 0 Å². The molecule has 1 aromatic carbocycles. The molecule has 0 atom stereocenters. The van der Waals surface area contributed by atoms with Crippen LogP contribution >= 0.6 is 11.6 Å². The van der Waals surface area contributed by atoms with Gasteiger partial charge in [0, 0.05) is 37.5 Å². The molecule has 0 aromatic heterocycles. The monoisotopic (exact) mass is 296 g/mol. The second-order valence-corrected chi connectivity index (χ2v) is 5.98. The van der Waals surface area contributed by atoms with Crippen LogP contribution in [-0.2, 0) is 4.74 Å². The molecule has 0 aliphatic carbocycles. The summed E-state index contributed by atoms with van der Waals surface area (Å²) in [4.78, 5) is 12.3. The Hall–Kier alpha value is -1.26. The van der Waals surface area contributed by atoms with Crippen molar-refractivity contribution in [2.24, 2.45) is 5.41 Å². The van der Waals surface area contributed by atoms with Gasteiger partial charge in [0.25, 0.3) is 5.91 Å². The van der Waals surface area contributed by atoms with Crippen molar-refractivity contribution in [3.8, 4) is 0 Å². The Balaban J connectivity index is 2.03. The summed E-state index contributed by atoms with van der Waals surface area (Å²) < 4.78 is 5.37. The molecule has 110 valence electrons. The van der Waals surface area contributed by atoms with Gasteiger partial charge in [0.1, 0.15) is 0 Å². The highest BCUT2D eigenvalue weighted by Gasteiger charge is 2.28. The zero-order valence-corrected chi connectivity index (χ0v) is 12.7. The van der Waals surface area contributed by atoms with E-state index in [1.54, 1.807) is 19.2 Å². The number of benzene rings is 1. The molecule has 1 fully saturated rings. The first kappa shape index (κ1) is 15.1. The van der Waals surface area contributed by atoms with Crippen LogP contribution in [0.5, 0.6) is 0 Å². The summed E-state index contributed by atoms with van der Waals surface area (Å²) in [5, 5.41) is 6.59. The summed E-state index contributed by atoms with van der Waals surface area (Å²) in [5.41, 5.74) is 1.48. The first-order valence-corrected chi connectivity index (χ1v) is 7.25. The van der Waals surface area contributed by atoms with Crippen molar-refractivity contribution in [3.05, 3.63) is 28.8 Å². The van der Waals surface area contributed by atoms with E-state index in [1.807, 2.05) is 6.07 Å². The third-order valence-corrected chi connectivity index (χ3v) is 4.11. The molecule has 0 radical (unpaired) electrons. The zero-order chi connectivity index (χ0) is 14.6. The van der Waals surface area contributed by atoms with Crippen molar-refractivity contribution in [2.45, 2.75) is 19.8 Å². The van der Waals surface area contributed by atoms with Gasteiger partial charge >= 0.3 is 0 Å². The van der Waals surface area contributed by atoms with Crippen LogP contribution in [0.4, 0.5) is 5.69 Å². The molecular weight excluding hydrogens is 276 g/mol. The molecule has 4 nitrogen and oxygen atoms in total. The van der Waals surface area contributed by atoms with Gasteiger partial charge < -0.3 is 15.4 Å². The summed E-state index contributed by atoms with van der Waals surface area (Å²) in [6.45, 7) is 4.38. The second-order valence-electron chi connectivity index (χ2n) is 5.55. The standard InChI is InChI=1S/C15H21ClN2O2/c1-15(5-7-20-8-6-15)10-18-14(19)12-9-11(16)3-4-13(12)17-2/h3-4,9,17H,5-8,10H2,1-2H3,(H,18,19). The van der Waals surface area contributed by atoms with Crippen LogP contribution in [0, 0.1) is 5.41 Å². The maximum Gasteiger partial charge on any atom is 0.253 e. The third-order valence-electron chi connectivity index (χ3n) is 3.87. The number of ether oxygens (including phenoxy) is 1. The van der Waals surface area contributed by atoms with Crippen molar-refractivity contribution in [3.63, 3.8) is 0 Å². The van der Waals surface area contributed by atoms with Crippen molar-refractivity contribution in [1.29, 1.82) is 0 Å². The van der Waals surface area contributed by atoms with Crippen LogP contribution in [0.3, 0.4) is 0 Å². The Morgan fingerprint density at radius 2 is 2.10 bits per heavy atom. The van der Waals surface area contributed by atoms with Crippen LogP contribution in [-0.4, -0.2) is 32.7 Å². The smallest absolute Gasteiger partial charge is 0.253 e. The Kier molecular flexibility index (Phi) is 4.89. The fourth-order valence-corrected chi connectivity index (χ4v) is 2.52. The van der Waals surface area contributed by atoms with Crippen LogP contribution in [0.25, 0.3) is 0 Å². The molecule has 0 saturated carbocycles. The van der Waals surface area contributed by atoms with Gasteiger partial charge in [-0.2, -0.15) is 0 Å². The summed E-state index contributed by atoms with van der Waals surface area (Å²) >= 11 is 5.97. The van der Waals surface area contributed by atoms with E-state index in [0.29, 0.717) is 17.1 Å². The molecule has 2 N–H and O–H groups in total. The SMILES string of the molecule is CNc1ccc(Cl)cc1C(=O)NCC1(C)CCOCC1. The molecule has 1 saturated heterocycles. The highest BCUT2D eigenvalue weighted by molar-refractivity contribution is 6.31. The van der Waals surface area contributed by atoms with E-state index in [2.05, 4.69) is 17.6 Å². The maximum absolute atomic E-state index is 12.3. The molecule has 1 aliphatic rings. The fourth-order valence-electron chi connectivity index (χ4n) is 2.35. The second kappa shape index (κ2) is 6.46. The molecule has 1 heterocycles. The van der Waals surface area contributed by atoms with Crippen LogP contribution in [0.15, 0.2) is 18.2 Å². The number of hydrogen-bond donors (Lipinski definition) is 2. The average Bonchev–Trinajstić information content (AvgIpc) is 2.45. The van der Waals surface area contributed by atoms with Crippen molar-refractivity contribution < 1.29 is 9.53 Å². The number of nitrogens with one attached hydrogen (secondary N) is 2. The Morgan fingerprint density at radius 3 is 2.75 bits per heavy atom. The lowest BCUT2D eigenvalue weighted by Crippen LogP contribution is -2.39. The van der Waals surface area contributed by atoms with Gasteiger partial charge in [-0.15, -0.1) is 0 Å². The molecule has 0 unspecified atom stereocenters. The molecule has 20 heavy (non-hydrogen) atoms. The van der Waals surface area contributed by atoms with Gasteiger partial charge in [0.15, 0.2) is 0 Å². The molecule has 0 spiro atoms. The lowest BCUT2D eigenvalue weighted by Gasteiger charge is -2.33. The predicted octanol–water partition coefficient (Wildman–Crippen LogP) is 2.93. The zero-order valence-electron chi connectivity index (χ0n) is 12.0. The maximum atomic E-state index is 12.3. The molecular formula is C15H21ClN2O2. The number of carbonyl (C=O) groups excluding carboxylic acids is 1. The lowest BCUT2D eigenvalue weighted by atomic mass is 9.82. The normalized spacial score (nSPS) is 17.6. The minimum Gasteiger partial charge on any atom is -0.387 e. The quantitative estimate of drug-likeness (QED) is 0.898. The Labute approximate surface area is 124 Å². The molecule has 0 bridgehead atoms. The first-order valence-electron chi connectivity index (χ1n) is 6.87. The van der Waals surface area contributed by atoms with Gasteiger partial charge in [0.2, 0.25) is 0 Å². The van der Waals surface area contributed by atoms with Crippen molar-refractivity contribution in [2.75, 3.05) is 32.1 Å². The van der Waals surface area contributed by atoms with E-state index >= 15 is 0 Å². The number of carbonyl (C=O) groups is 1. The fraction of sp³-hybridized carbons (Fsp3) is 0.533. The Morgan fingerprint density at radius 1 is 1.40 bits per heavy atom. The minimum atomic E-state index is -0.0930. The lowest BCUT2D eigenvalue weighted by molar-refractivity contribution is 0.0238. The summed E-state index contributed by atoms with van der Waals surface area (Å²) in [7, 11) is 1.79. The van der Waals surface area contributed by atoms with Crippen LogP contribution in [0.2, 0.25) is 5.02 Å². The largest absolute Gasteiger partial charge is 0.387 e.